The zero-order chi connectivity index (χ0) is 22.1. The molecule has 160 valence electrons. The molecule has 1 saturated heterocycles. The molecule has 32 heavy (non-hydrogen) atoms. The number of nitrogens with zero attached hydrogens (tertiary/aromatic N) is 4. The second-order valence-electron chi connectivity index (χ2n) is 7.82. The lowest BCUT2D eigenvalue weighted by molar-refractivity contribution is 0.343. The minimum atomic E-state index is 0.418. The summed E-state index contributed by atoms with van der Waals surface area (Å²) in [6.07, 6.45) is 11.3. The fourth-order valence-electron chi connectivity index (χ4n) is 4.22. The SMILES string of the molecule is N#C/C=C(/c1ccc(Cl)cc1Cl)c1c[nH]c2ncc(-c3cnn(C4CCNCC4)c3)cc12. The van der Waals surface area contributed by atoms with Crippen molar-refractivity contribution < 1.29 is 0 Å². The Hall–Kier alpha value is -3.11. The first-order valence-electron chi connectivity index (χ1n) is 10.4. The summed E-state index contributed by atoms with van der Waals surface area (Å²) in [6, 6.07) is 9.91. The summed E-state index contributed by atoms with van der Waals surface area (Å²) in [6.45, 7) is 2.03. The summed E-state index contributed by atoms with van der Waals surface area (Å²) in [5.41, 5.74) is 5.03. The second-order valence-corrected chi connectivity index (χ2v) is 8.67. The molecular weight excluding hydrogens is 443 g/mol. The van der Waals surface area contributed by atoms with Gasteiger partial charge in [0.25, 0.3) is 0 Å². The van der Waals surface area contributed by atoms with E-state index in [1.165, 1.54) is 6.08 Å². The third-order valence-corrected chi connectivity index (χ3v) is 6.42. The molecule has 0 atom stereocenters. The Morgan fingerprint density at radius 1 is 1.12 bits per heavy atom. The van der Waals surface area contributed by atoms with Crippen molar-refractivity contribution in [2.45, 2.75) is 18.9 Å². The van der Waals surface area contributed by atoms with E-state index in [0.29, 0.717) is 21.7 Å². The molecule has 0 aliphatic carbocycles. The van der Waals surface area contributed by atoms with Gasteiger partial charge in [-0.1, -0.05) is 29.3 Å². The van der Waals surface area contributed by atoms with Crippen LogP contribution in [0.25, 0.3) is 27.7 Å². The van der Waals surface area contributed by atoms with Gasteiger partial charge in [0.2, 0.25) is 0 Å². The molecule has 4 heterocycles. The molecule has 1 fully saturated rings. The van der Waals surface area contributed by atoms with Gasteiger partial charge in [-0.3, -0.25) is 4.68 Å². The van der Waals surface area contributed by atoms with E-state index in [1.807, 2.05) is 24.7 Å². The number of aromatic nitrogens is 4. The van der Waals surface area contributed by atoms with Gasteiger partial charge in [0.15, 0.2) is 0 Å². The van der Waals surface area contributed by atoms with Crippen molar-refractivity contribution in [2.75, 3.05) is 13.1 Å². The quantitative estimate of drug-likeness (QED) is 0.386. The van der Waals surface area contributed by atoms with Crippen molar-refractivity contribution in [2.24, 2.45) is 0 Å². The van der Waals surface area contributed by atoms with Gasteiger partial charge < -0.3 is 10.3 Å². The number of hydrogen-bond donors (Lipinski definition) is 2. The summed E-state index contributed by atoms with van der Waals surface area (Å²) < 4.78 is 2.06. The first-order valence-corrected chi connectivity index (χ1v) is 11.2. The van der Waals surface area contributed by atoms with Crippen LogP contribution >= 0.6 is 23.2 Å². The van der Waals surface area contributed by atoms with Gasteiger partial charge >= 0.3 is 0 Å². The van der Waals surface area contributed by atoms with Gasteiger partial charge in [0, 0.05) is 67.9 Å². The highest BCUT2D eigenvalue weighted by molar-refractivity contribution is 6.36. The summed E-state index contributed by atoms with van der Waals surface area (Å²) in [5, 5.41) is 19.4. The molecule has 6 nitrogen and oxygen atoms in total. The number of nitrogens with one attached hydrogen (secondary N) is 2. The van der Waals surface area contributed by atoms with E-state index in [1.54, 1.807) is 12.1 Å². The molecule has 0 spiro atoms. The highest BCUT2D eigenvalue weighted by Crippen LogP contribution is 2.36. The van der Waals surface area contributed by atoms with E-state index < -0.39 is 0 Å². The Morgan fingerprint density at radius 3 is 2.75 bits per heavy atom. The topological polar surface area (TPSA) is 82.3 Å². The normalized spacial score (nSPS) is 15.2. The van der Waals surface area contributed by atoms with E-state index in [2.05, 4.69) is 43.4 Å². The van der Waals surface area contributed by atoms with Crippen LogP contribution < -0.4 is 5.32 Å². The number of fused-ring (bicyclic) bond motifs is 1. The van der Waals surface area contributed by atoms with Crippen LogP contribution in [0.4, 0.5) is 0 Å². The summed E-state index contributed by atoms with van der Waals surface area (Å²) in [5.74, 6) is 0. The Morgan fingerprint density at radius 2 is 1.97 bits per heavy atom. The molecule has 3 aromatic heterocycles. The van der Waals surface area contributed by atoms with E-state index >= 15 is 0 Å². The number of rotatable bonds is 4. The number of nitriles is 1. The molecule has 0 saturated carbocycles. The van der Waals surface area contributed by atoms with Gasteiger partial charge in [0.1, 0.15) is 5.65 Å². The van der Waals surface area contributed by atoms with Crippen LogP contribution in [0.15, 0.2) is 55.1 Å². The fraction of sp³-hybridized carbons (Fsp3) is 0.208. The van der Waals surface area contributed by atoms with Crippen LogP contribution in [-0.2, 0) is 0 Å². The monoisotopic (exact) mass is 462 g/mol. The molecule has 0 amide bonds. The number of piperidine rings is 1. The minimum Gasteiger partial charge on any atom is -0.346 e. The molecule has 1 aliphatic rings. The molecule has 0 unspecified atom stereocenters. The van der Waals surface area contributed by atoms with E-state index in [4.69, 9.17) is 23.2 Å². The number of allylic oxidation sites excluding steroid dienone is 1. The Kier molecular flexibility index (Phi) is 5.71. The van der Waals surface area contributed by atoms with Crippen LogP contribution in [0, 0.1) is 11.3 Å². The average Bonchev–Trinajstić information content (AvgIpc) is 3.46. The molecule has 5 rings (SSSR count). The molecule has 0 radical (unpaired) electrons. The highest BCUT2D eigenvalue weighted by atomic mass is 35.5. The molecule has 2 N–H and O–H groups in total. The number of H-pyrrole nitrogens is 1. The lowest BCUT2D eigenvalue weighted by Crippen LogP contribution is -2.29. The van der Waals surface area contributed by atoms with Gasteiger partial charge in [-0.2, -0.15) is 10.4 Å². The van der Waals surface area contributed by atoms with Gasteiger partial charge in [-0.25, -0.2) is 4.98 Å². The van der Waals surface area contributed by atoms with Crippen molar-refractivity contribution in [3.63, 3.8) is 0 Å². The molecule has 8 heteroatoms. The maximum Gasteiger partial charge on any atom is 0.137 e. The van der Waals surface area contributed by atoms with Crippen LogP contribution in [0.2, 0.25) is 10.0 Å². The number of halogens is 2. The van der Waals surface area contributed by atoms with E-state index in [9.17, 15) is 5.26 Å². The zero-order valence-electron chi connectivity index (χ0n) is 17.1. The largest absolute Gasteiger partial charge is 0.346 e. The molecule has 1 aliphatic heterocycles. The Balaban J connectivity index is 1.56. The van der Waals surface area contributed by atoms with Crippen LogP contribution in [0.1, 0.15) is 30.0 Å². The van der Waals surface area contributed by atoms with E-state index in [-0.39, 0.29) is 0 Å². The summed E-state index contributed by atoms with van der Waals surface area (Å²) >= 11 is 12.5. The lowest BCUT2D eigenvalue weighted by atomic mass is 9.97. The third-order valence-electron chi connectivity index (χ3n) is 5.87. The lowest BCUT2D eigenvalue weighted by Gasteiger charge is -2.22. The molecular formula is C24H20Cl2N6. The van der Waals surface area contributed by atoms with Gasteiger partial charge in [-0.05, 0) is 44.1 Å². The maximum absolute atomic E-state index is 9.44. The molecule has 1 aromatic carbocycles. The van der Waals surface area contributed by atoms with Gasteiger partial charge in [0.05, 0.1) is 18.3 Å². The molecule has 4 aromatic rings. The van der Waals surface area contributed by atoms with Crippen molar-refractivity contribution in [1.82, 2.24) is 25.1 Å². The number of hydrogen-bond acceptors (Lipinski definition) is 4. The average molecular weight is 463 g/mol. The summed E-state index contributed by atoms with van der Waals surface area (Å²) in [4.78, 5) is 7.81. The van der Waals surface area contributed by atoms with Crippen LogP contribution in [0.3, 0.4) is 0 Å². The number of pyridine rings is 1. The Labute approximate surface area is 195 Å². The molecule has 0 bridgehead atoms. The first kappa shape index (κ1) is 20.8. The fourth-order valence-corrected chi connectivity index (χ4v) is 4.73. The zero-order valence-corrected chi connectivity index (χ0v) is 18.7. The predicted octanol–water partition coefficient (Wildman–Crippen LogP) is 5.61. The third kappa shape index (κ3) is 3.91. The second kappa shape index (κ2) is 8.79. The van der Waals surface area contributed by atoms with Crippen molar-refractivity contribution in [1.29, 1.82) is 5.26 Å². The van der Waals surface area contributed by atoms with Crippen molar-refractivity contribution >= 4 is 39.8 Å². The number of aromatic amines is 1. The Bertz CT molecular complexity index is 1350. The summed E-state index contributed by atoms with van der Waals surface area (Å²) in [7, 11) is 0. The minimum absolute atomic E-state index is 0.418. The van der Waals surface area contributed by atoms with Gasteiger partial charge in [-0.15, -0.1) is 0 Å². The van der Waals surface area contributed by atoms with Crippen molar-refractivity contribution in [3.05, 3.63) is 76.3 Å². The number of benzene rings is 1. The highest BCUT2D eigenvalue weighted by Gasteiger charge is 2.18. The maximum atomic E-state index is 9.44. The predicted molar refractivity (Wildman–Crippen MR) is 128 cm³/mol. The van der Waals surface area contributed by atoms with Crippen LogP contribution in [-0.4, -0.2) is 32.8 Å². The van der Waals surface area contributed by atoms with Crippen LogP contribution in [0.5, 0.6) is 0 Å². The van der Waals surface area contributed by atoms with Crippen molar-refractivity contribution in [3.8, 4) is 17.2 Å². The first-order chi connectivity index (χ1) is 15.6. The standard InChI is InChI=1S/C24H20Cl2N6/c25-17-1-2-20(23(26)10-17)19(3-6-27)22-13-30-24-21(22)9-15(11-29-24)16-12-31-32(14-16)18-4-7-28-8-5-18/h1-3,9-14,18,28H,4-5,7-8H2,(H,29,30)/b19-3-. The smallest absolute Gasteiger partial charge is 0.137 e. The van der Waals surface area contributed by atoms with E-state index in [0.717, 1.165) is 59.2 Å².